The molecule has 2 aromatic carbocycles. The second-order valence-electron chi connectivity index (χ2n) is 5.61. The van der Waals surface area contributed by atoms with Gasteiger partial charge in [0.2, 0.25) is 0 Å². The molecule has 2 aromatic rings. The van der Waals surface area contributed by atoms with Gasteiger partial charge in [0.05, 0.1) is 0 Å². The normalized spacial score (nSPS) is 19.8. The maximum atomic E-state index is 11.3. The van der Waals surface area contributed by atoms with Crippen LogP contribution in [0.3, 0.4) is 0 Å². The van der Waals surface area contributed by atoms with Gasteiger partial charge in [0.25, 0.3) is 0 Å². The predicted octanol–water partition coefficient (Wildman–Crippen LogP) is 3.11. The summed E-state index contributed by atoms with van der Waals surface area (Å²) in [6, 6.07) is 18.2. The number of carboxylic acids is 1. The quantitative estimate of drug-likeness (QED) is 0.939. The zero-order chi connectivity index (χ0) is 14.8. The maximum Gasteiger partial charge on any atom is 0.320 e. The number of fused-ring (bicyclic) bond motifs is 1. The van der Waals surface area contributed by atoms with E-state index in [9.17, 15) is 9.90 Å². The minimum absolute atomic E-state index is 0.234. The number of benzene rings is 2. The van der Waals surface area contributed by atoms with Crippen LogP contribution in [0, 0.1) is 0 Å². The van der Waals surface area contributed by atoms with E-state index >= 15 is 0 Å². The van der Waals surface area contributed by atoms with E-state index < -0.39 is 12.0 Å². The Kier molecular flexibility index (Phi) is 3.76. The van der Waals surface area contributed by atoms with Gasteiger partial charge < -0.3 is 5.11 Å². The van der Waals surface area contributed by atoms with Gasteiger partial charge in [-0.15, -0.1) is 0 Å². The summed E-state index contributed by atoms with van der Waals surface area (Å²) in [5.41, 5.74) is 3.79. The van der Waals surface area contributed by atoms with Crippen LogP contribution in [0.25, 0.3) is 0 Å². The van der Waals surface area contributed by atoms with Gasteiger partial charge in [-0.1, -0.05) is 54.6 Å². The van der Waals surface area contributed by atoms with E-state index in [4.69, 9.17) is 0 Å². The summed E-state index contributed by atoms with van der Waals surface area (Å²) in [6.45, 7) is 3.21. The van der Waals surface area contributed by atoms with Gasteiger partial charge in [-0.05, 0) is 23.6 Å². The Morgan fingerprint density at radius 1 is 1.14 bits per heavy atom. The first-order chi connectivity index (χ1) is 10.2. The summed E-state index contributed by atoms with van der Waals surface area (Å²) < 4.78 is 0. The van der Waals surface area contributed by atoms with E-state index in [-0.39, 0.29) is 5.92 Å². The van der Waals surface area contributed by atoms with E-state index in [1.54, 1.807) is 6.92 Å². The highest BCUT2D eigenvalue weighted by atomic mass is 16.4. The molecule has 2 atom stereocenters. The van der Waals surface area contributed by atoms with Crippen molar-refractivity contribution in [3.8, 4) is 0 Å². The fourth-order valence-corrected chi connectivity index (χ4v) is 3.06. The molecule has 108 valence electrons. The number of carboxylic acid groups (broad SMARTS) is 1. The molecular weight excluding hydrogens is 262 g/mol. The lowest BCUT2D eigenvalue weighted by molar-refractivity contribution is -0.143. The summed E-state index contributed by atoms with van der Waals surface area (Å²) in [4.78, 5) is 13.4. The van der Waals surface area contributed by atoms with E-state index in [2.05, 4.69) is 30.3 Å². The minimum Gasteiger partial charge on any atom is -0.480 e. The maximum absolute atomic E-state index is 11.3. The molecule has 0 bridgehead atoms. The van der Waals surface area contributed by atoms with E-state index in [1.165, 1.54) is 16.7 Å². The van der Waals surface area contributed by atoms with Crippen LogP contribution in [0.4, 0.5) is 0 Å². The van der Waals surface area contributed by atoms with Gasteiger partial charge in [-0.25, -0.2) is 0 Å². The monoisotopic (exact) mass is 281 g/mol. The SMILES string of the molecule is C[C@@H](C(=O)O)N1Cc2ccccc2[C@@H](c2ccccc2)C1. The van der Waals surface area contributed by atoms with Crippen molar-refractivity contribution in [1.29, 1.82) is 0 Å². The van der Waals surface area contributed by atoms with Crippen molar-refractivity contribution in [2.75, 3.05) is 6.54 Å². The van der Waals surface area contributed by atoms with Crippen LogP contribution in [0.5, 0.6) is 0 Å². The largest absolute Gasteiger partial charge is 0.480 e. The van der Waals surface area contributed by atoms with Crippen LogP contribution in [0.2, 0.25) is 0 Å². The number of hydrogen-bond donors (Lipinski definition) is 1. The average Bonchev–Trinajstić information content (AvgIpc) is 2.53. The first-order valence-corrected chi connectivity index (χ1v) is 7.26. The van der Waals surface area contributed by atoms with Crippen LogP contribution in [-0.4, -0.2) is 28.6 Å². The first-order valence-electron chi connectivity index (χ1n) is 7.26. The minimum atomic E-state index is -0.763. The lowest BCUT2D eigenvalue weighted by Gasteiger charge is -2.37. The van der Waals surface area contributed by atoms with E-state index in [1.807, 2.05) is 29.2 Å². The Balaban J connectivity index is 2.00. The fourth-order valence-electron chi connectivity index (χ4n) is 3.06. The lowest BCUT2D eigenvalue weighted by Crippen LogP contribution is -2.43. The molecule has 1 N–H and O–H groups in total. The topological polar surface area (TPSA) is 40.5 Å². The highest BCUT2D eigenvalue weighted by molar-refractivity contribution is 5.73. The van der Waals surface area contributed by atoms with E-state index in [0.717, 1.165) is 6.54 Å². The number of hydrogen-bond acceptors (Lipinski definition) is 2. The van der Waals surface area contributed by atoms with Crippen LogP contribution in [-0.2, 0) is 11.3 Å². The van der Waals surface area contributed by atoms with Gasteiger partial charge in [-0.2, -0.15) is 0 Å². The van der Waals surface area contributed by atoms with Gasteiger partial charge in [0, 0.05) is 19.0 Å². The van der Waals surface area contributed by atoms with Gasteiger partial charge in [0.1, 0.15) is 6.04 Å². The lowest BCUT2D eigenvalue weighted by atomic mass is 9.84. The molecular formula is C18H19NO2. The summed E-state index contributed by atoms with van der Waals surface area (Å²) in [7, 11) is 0. The number of aliphatic carboxylic acids is 1. The van der Waals surface area contributed by atoms with Crippen molar-refractivity contribution in [3.05, 3.63) is 71.3 Å². The van der Waals surface area contributed by atoms with Crippen LogP contribution >= 0.6 is 0 Å². The first kappa shape index (κ1) is 13.8. The van der Waals surface area contributed by atoms with Crippen LogP contribution in [0.15, 0.2) is 54.6 Å². The molecule has 1 aliphatic rings. The van der Waals surface area contributed by atoms with E-state index in [0.29, 0.717) is 6.54 Å². The predicted molar refractivity (Wildman–Crippen MR) is 82.2 cm³/mol. The van der Waals surface area contributed by atoms with Crippen molar-refractivity contribution < 1.29 is 9.90 Å². The Hall–Kier alpha value is -2.13. The smallest absolute Gasteiger partial charge is 0.320 e. The molecule has 3 nitrogen and oxygen atoms in total. The molecule has 1 aliphatic heterocycles. The molecule has 0 saturated carbocycles. The molecule has 0 aliphatic carbocycles. The molecule has 3 heteroatoms. The summed E-state index contributed by atoms with van der Waals surface area (Å²) in [5, 5.41) is 9.30. The molecule has 0 unspecified atom stereocenters. The van der Waals surface area contributed by atoms with Crippen molar-refractivity contribution in [2.24, 2.45) is 0 Å². The van der Waals surface area contributed by atoms with Crippen molar-refractivity contribution in [3.63, 3.8) is 0 Å². The standard InChI is InChI=1S/C18H19NO2/c1-13(18(20)21)19-11-15-9-5-6-10-16(15)17(12-19)14-7-3-2-4-8-14/h2-10,13,17H,11-12H2,1H3,(H,20,21)/t13-,17+/m0/s1. The van der Waals surface area contributed by atoms with Crippen LogP contribution < -0.4 is 0 Å². The summed E-state index contributed by atoms with van der Waals surface area (Å²) >= 11 is 0. The average molecular weight is 281 g/mol. The molecule has 0 radical (unpaired) electrons. The molecule has 3 rings (SSSR count). The zero-order valence-electron chi connectivity index (χ0n) is 12.1. The Bertz CT molecular complexity index is 639. The summed E-state index contributed by atoms with van der Waals surface area (Å²) in [6.07, 6.45) is 0. The Morgan fingerprint density at radius 2 is 1.81 bits per heavy atom. The molecule has 21 heavy (non-hydrogen) atoms. The van der Waals surface area contributed by atoms with Crippen molar-refractivity contribution in [1.82, 2.24) is 4.90 Å². The number of carbonyl (C=O) groups is 1. The Labute approximate surface area is 124 Å². The Morgan fingerprint density at radius 3 is 2.52 bits per heavy atom. The van der Waals surface area contributed by atoms with Gasteiger partial charge in [0.15, 0.2) is 0 Å². The highest BCUT2D eigenvalue weighted by Crippen LogP contribution is 2.34. The zero-order valence-corrected chi connectivity index (χ0v) is 12.1. The van der Waals surface area contributed by atoms with Gasteiger partial charge >= 0.3 is 5.97 Å². The molecule has 0 fully saturated rings. The molecule has 0 aromatic heterocycles. The van der Waals surface area contributed by atoms with Crippen LogP contribution in [0.1, 0.15) is 29.5 Å². The second-order valence-corrected chi connectivity index (χ2v) is 5.61. The van der Waals surface area contributed by atoms with Crippen molar-refractivity contribution >= 4 is 5.97 Å². The fraction of sp³-hybridized carbons (Fsp3) is 0.278. The molecule has 0 spiro atoms. The van der Waals surface area contributed by atoms with Gasteiger partial charge in [-0.3, -0.25) is 9.69 Å². The third kappa shape index (κ3) is 2.69. The highest BCUT2D eigenvalue weighted by Gasteiger charge is 2.31. The molecule has 0 amide bonds. The third-order valence-electron chi connectivity index (χ3n) is 4.33. The number of rotatable bonds is 3. The molecule has 0 saturated heterocycles. The second kappa shape index (κ2) is 5.70. The molecule has 1 heterocycles. The number of nitrogens with zero attached hydrogens (tertiary/aromatic N) is 1. The summed E-state index contributed by atoms with van der Waals surface area (Å²) in [5.74, 6) is -0.529. The van der Waals surface area contributed by atoms with Crippen molar-refractivity contribution in [2.45, 2.75) is 25.4 Å². The third-order valence-corrected chi connectivity index (χ3v) is 4.33.